The van der Waals surface area contributed by atoms with Gasteiger partial charge in [-0.1, -0.05) is 48.6 Å². The van der Waals surface area contributed by atoms with Crippen molar-refractivity contribution < 1.29 is 29.3 Å². The summed E-state index contributed by atoms with van der Waals surface area (Å²) in [7, 11) is 1.69. The molecule has 0 amide bonds. The summed E-state index contributed by atoms with van der Waals surface area (Å²) in [6.07, 6.45) is 4.08. The van der Waals surface area contributed by atoms with E-state index in [2.05, 4.69) is 52.3 Å². The third-order valence-electron chi connectivity index (χ3n) is 5.11. The predicted molar refractivity (Wildman–Crippen MR) is 127 cm³/mol. The van der Waals surface area contributed by atoms with Crippen LogP contribution in [0, 0.1) is 0 Å². The maximum atomic E-state index is 9.10. The fourth-order valence-electron chi connectivity index (χ4n) is 3.40. The molecule has 3 rings (SSSR count). The van der Waals surface area contributed by atoms with Crippen LogP contribution in [0.15, 0.2) is 54.6 Å². The highest BCUT2D eigenvalue weighted by Gasteiger charge is 2.17. The molecular weight excluding hydrogens is 424 g/mol. The van der Waals surface area contributed by atoms with Crippen LogP contribution in [0.1, 0.15) is 18.1 Å². The molecule has 8 nitrogen and oxygen atoms in total. The molecule has 1 saturated heterocycles. The van der Waals surface area contributed by atoms with Gasteiger partial charge >= 0.3 is 11.9 Å². The minimum atomic E-state index is -1.82. The van der Waals surface area contributed by atoms with Crippen molar-refractivity contribution in [2.24, 2.45) is 0 Å². The third kappa shape index (κ3) is 9.34. The van der Waals surface area contributed by atoms with Crippen molar-refractivity contribution in [1.29, 1.82) is 0 Å². The van der Waals surface area contributed by atoms with E-state index in [1.54, 1.807) is 7.11 Å². The molecule has 33 heavy (non-hydrogen) atoms. The van der Waals surface area contributed by atoms with Crippen LogP contribution >= 0.6 is 0 Å². The molecule has 0 atom stereocenters. The van der Waals surface area contributed by atoms with Crippen LogP contribution in [0.5, 0.6) is 11.5 Å². The number of allylic oxidation sites excluding steroid dienone is 1. The molecular formula is C25H32N2O6. The van der Waals surface area contributed by atoms with E-state index in [9.17, 15) is 0 Å². The number of methoxy groups -OCH3 is 1. The molecule has 0 unspecified atom stereocenters. The first kappa shape index (κ1) is 25.9. The second-order valence-corrected chi connectivity index (χ2v) is 7.47. The molecule has 8 heteroatoms. The average Bonchev–Trinajstić information content (AvgIpc) is 2.82. The van der Waals surface area contributed by atoms with Gasteiger partial charge in [-0.05, 0) is 30.2 Å². The largest absolute Gasteiger partial charge is 0.493 e. The predicted octanol–water partition coefficient (Wildman–Crippen LogP) is 3.08. The summed E-state index contributed by atoms with van der Waals surface area (Å²) in [6, 6.07) is 16.8. The average molecular weight is 457 g/mol. The Morgan fingerprint density at radius 2 is 1.58 bits per heavy atom. The number of nitrogens with zero attached hydrogens (tertiary/aromatic N) is 2. The van der Waals surface area contributed by atoms with Gasteiger partial charge in [0.25, 0.3) is 0 Å². The number of carboxylic acid groups (broad SMARTS) is 2. The van der Waals surface area contributed by atoms with Gasteiger partial charge in [-0.25, -0.2) is 9.59 Å². The molecule has 0 saturated carbocycles. The molecule has 1 aliphatic rings. The normalized spacial score (nSPS) is 14.4. The summed E-state index contributed by atoms with van der Waals surface area (Å²) >= 11 is 0. The van der Waals surface area contributed by atoms with E-state index in [-0.39, 0.29) is 0 Å². The number of ether oxygens (including phenoxy) is 2. The summed E-state index contributed by atoms with van der Waals surface area (Å²) in [5, 5.41) is 14.8. The number of rotatable bonds is 8. The van der Waals surface area contributed by atoms with Gasteiger partial charge in [0.15, 0.2) is 11.5 Å². The second kappa shape index (κ2) is 13.9. The minimum Gasteiger partial charge on any atom is -0.493 e. The van der Waals surface area contributed by atoms with Gasteiger partial charge in [-0.3, -0.25) is 9.80 Å². The molecule has 0 aromatic heterocycles. The fraction of sp³-hybridized carbons (Fsp3) is 0.360. The van der Waals surface area contributed by atoms with E-state index < -0.39 is 11.9 Å². The Hall–Kier alpha value is -3.36. The van der Waals surface area contributed by atoms with Crippen molar-refractivity contribution in [3.8, 4) is 11.5 Å². The van der Waals surface area contributed by atoms with Crippen molar-refractivity contribution in [2.45, 2.75) is 13.5 Å². The van der Waals surface area contributed by atoms with Crippen molar-refractivity contribution in [2.75, 3.05) is 46.4 Å². The number of carbonyl (C=O) groups is 2. The van der Waals surface area contributed by atoms with Crippen LogP contribution in [0.4, 0.5) is 0 Å². The Morgan fingerprint density at radius 1 is 0.939 bits per heavy atom. The number of carboxylic acids is 2. The zero-order chi connectivity index (χ0) is 24.1. The Labute approximate surface area is 194 Å². The van der Waals surface area contributed by atoms with Gasteiger partial charge < -0.3 is 19.7 Å². The smallest absolute Gasteiger partial charge is 0.414 e. The molecule has 1 aliphatic heterocycles. The maximum Gasteiger partial charge on any atom is 0.414 e. The number of piperazine rings is 1. The topological polar surface area (TPSA) is 99.5 Å². The van der Waals surface area contributed by atoms with E-state index in [0.29, 0.717) is 6.61 Å². The third-order valence-corrected chi connectivity index (χ3v) is 5.11. The van der Waals surface area contributed by atoms with E-state index >= 15 is 0 Å². The van der Waals surface area contributed by atoms with Crippen LogP contribution < -0.4 is 9.47 Å². The summed E-state index contributed by atoms with van der Waals surface area (Å²) in [4.78, 5) is 23.2. The summed E-state index contributed by atoms with van der Waals surface area (Å²) in [5.74, 6) is -2.04. The van der Waals surface area contributed by atoms with Crippen LogP contribution in [0.25, 0.3) is 6.08 Å². The van der Waals surface area contributed by atoms with Crippen molar-refractivity contribution in [3.05, 3.63) is 65.7 Å². The molecule has 0 spiro atoms. The Morgan fingerprint density at radius 3 is 2.15 bits per heavy atom. The quantitative estimate of drug-likeness (QED) is 0.585. The minimum absolute atomic E-state index is 0.679. The Balaban J connectivity index is 0.000000569. The summed E-state index contributed by atoms with van der Waals surface area (Å²) in [5.41, 5.74) is 2.51. The molecule has 2 aromatic rings. The van der Waals surface area contributed by atoms with Gasteiger partial charge in [0.1, 0.15) is 6.61 Å². The van der Waals surface area contributed by atoms with Gasteiger partial charge in [-0.15, -0.1) is 0 Å². The molecule has 0 bridgehead atoms. The SMILES string of the molecule is C/C=C/c1ccc(OCCN2CCN(Cc3ccccc3)CC2)c(OC)c1.O=C(O)C(=O)O. The van der Waals surface area contributed by atoms with E-state index in [0.717, 1.165) is 56.3 Å². The zero-order valence-corrected chi connectivity index (χ0v) is 19.1. The van der Waals surface area contributed by atoms with Crippen molar-refractivity contribution in [1.82, 2.24) is 9.80 Å². The van der Waals surface area contributed by atoms with Crippen molar-refractivity contribution >= 4 is 18.0 Å². The first-order chi connectivity index (χ1) is 15.9. The van der Waals surface area contributed by atoms with Gasteiger partial charge in [-0.2, -0.15) is 0 Å². The number of hydrogen-bond donors (Lipinski definition) is 2. The molecule has 178 valence electrons. The summed E-state index contributed by atoms with van der Waals surface area (Å²) < 4.78 is 11.4. The van der Waals surface area contributed by atoms with E-state index in [1.807, 2.05) is 25.1 Å². The van der Waals surface area contributed by atoms with Gasteiger partial charge in [0.2, 0.25) is 0 Å². The standard InChI is InChI=1S/C23H30N2O2.C2H2O4/c1-3-7-20-10-11-22(23(18-20)26-2)27-17-16-24-12-14-25(15-13-24)19-21-8-5-4-6-9-21;3-1(4)2(5)6/h3-11,18H,12-17,19H2,1-2H3;(H,3,4)(H,5,6)/b7-3+;. The molecule has 2 aromatic carbocycles. The lowest BCUT2D eigenvalue weighted by molar-refractivity contribution is -0.159. The molecule has 0 radical (unpaired) electrons. The summed E-state index contributed by atoms with van der Waals surface area (Å²) in [6.45, 7) is 9.07. The lowest BCUT2D eigenvalue weighted by Gasteiger charge is -2.34. The Bertz CT molecular complexity index is 896. The van der Waals surface area contributed by atoms with E-state index in [1.165, 1.54) is 5.56 Å². The molecule has 2 N–H and O–H groups in total. The lowest BCUT2D eigenvalue weighted by atomic mass is 10.2. The van der Waals surface area contributed by atoms with Crippen LogP contribution in [0.2, 0.25) is 0 Å². The monoisotopic (exact) mass is 456 g/mol. The van der Waals surface area contributed by atoms with Crippen LogP contribution in [-0.2, 0) is 16.1 Å². The molecule has 1 fully saturated rings. The molecule has 0 aliphatic carbocycles. The highest BCUT2D eigenvalue weighted by atomic mass is 16.5. The van der Waals surface area contributed by atoms with Crippen LogP contribution in [0.3, 0.4) is 0 Å². The second-order valence-electron chi connectivity index (χ2n) is 7.47. The van der Waals surface area contributed by atoms with Crippen molar-refractivity contribution in [3.63, 3.8) is 0 Å². The maximum absolute atomic E-state index is 9.10. The fourth-order valence-corrected chi connectivity index (χ4v) is 3.40. The van der Waals surface area contributed by atoms with Gasteiger partial charge in [0, 0.05) is 39.3 Å². The molecule has 1 heterocycles. The van der Waals surface area contributed by atoms with Gasteiger partial charge in [0.05, 0.1) is 7.11 Å². The highest BCUT2D eigenvalue weighted by molar-refractivity contribution is 6.27. The number of hydrogen-bond acceptors (Lipinski definition) is 6. The number of aliphatic carboxylic acids is 2. The van der Waals surface area contributed by atoms with E-state index in [4.69, 9.17) is 29.3 Å². The number of benzene rings is 2. The lowest BCUT2D eigenvalue weighted by Crippen LogP contribution is -2.47. The van der Waals surface area contributed by atoms with Crippen LogP contribution in [-0.4, -0.2) is 78.4 Å². The highest BCUT2D eigenvalue weighted by Crippen LogP contribution is 2.28. The zero-order valence-electron chi connectivity index (χ0n) is 19.1. The first-order valence-corrected chi connectivity index (χ1v) is 10.8. The Kier molecular flexibility index (Phi) is 10.9. The first-order valence-electron chi connectivity index (χ1n) is 10.8.